The molecule has 5 heteroatoms. The molecule has 2 aliphatic heterocycles. The van der Waals surface area contributed by atoms with Crippen LogP contribution in [0.2, 0.25) is 0 Å². The zero-order valence-electron chi connectivity index (χ0n) is 12.5. The molecule has 2 saturated heterocycles. The van der Waals surface area contributed by atoms with Crippen LogP contribution in [0.15, 0.2) is 0 Å². The number of likely N-dealkylation sites (tertiary alicyclic amines) is 2. The molecule has 3 fully saturated rings. The lowest BCUT2D eigenvalue weighted by molar-refractivity contribution is -0.135. The van der Waals surface area contributed by atoms with E-state index in [0.717, 1.165) is 32.4 Å². The highest BCUT2D eigenvalue weighted by Crippen LogP contribution is 2.33. The van der Waals surface area contributed by atoms with Crippen LogP contribution in [0.25, 0.3) is 0 Å². The summed E-state index contributed by atoms with van der Waals surface area (Å²) in [6, 6.07) is 0.550. The van der Waals surface area contributed by atoms with Gasteiger partial charge in [-0.3, -0.25) is 14.5 Å². The molecular formula is C15H25N3O2. The number of hydrogen-bond donors (Lipinski definition) is 1. The first-order valence-electron chi connectivity index (χ1n) is 7.94. The van der Waals surface area contributed by atoms with Gasteiger partial charge in [-0.05, 0) is 52.5 Å². The van der Waals surface area contributed by atoms with E-state index in [1.54, 1.807) is 0 Å². The highest BCUT2D eigenvalue weighted by Gasteiger charge is 2.42. The van der Waals surface area contributed by atoms with Gasteiger partial charge in [0.25, 0.3) is 0 Å². The first-order valence-corrected chi connectivity index (χ1v) is 7.94. The second-order valence-electron chi connectivity index (χ2n) is 6.60. The maximum absolute atomic E-state index is 12.4. The Morgan fingerprint density at radius 3 is 2.55 bits per heavy atom. The maximum Gasteiger partial charge on any atom is 0.245 e. The van der Waals surface area contributed by atoms with Crippen molar-refractivity contribution in [3.63, 3.8) is 0 Å². The zero-order valence-corrected chi connectivity index (χ0v) is 12.5. The molecule has 3 aliphatic rings. The quantitative estimate of drug-likeness (QED) is 0.826. The van der Waals surface area contributed by atoms with E-state index in [9.17, 15) is 9.59 Å². The number of amides is 2. The number of carbonyl (C=O) groups is 2. The Bertz CT molecular complexity index is 406. The van der Waals surface area contributed by atoms with Crippen LogP contribution in [-0.4, -0.2) is 58.9 Å². The van der Waals surface area contributed by atoms with Crippen LogP contribution in [0.5, 0.6) is 0 Å². The van der Waals surface area contributed by atoms with Crippen molar-refractivity contribution in [1.29, 1.82) is 0 Å². The van der Waals surface area contributed by atoms with Crippen molar-refractivity contribution in [2.24, 2.45) is 0 Å². The Labute approximate surface area is 120 Å². The molecule has 112 valence electrons. The van der Waals surface area contributed by atoms with Crippen molar-refractivity contribution in [2.75, 3.05) is 13.1 Å². The molecule has 2 amide bonds. The van der Waals surface area contributed by atoms with Crippen molar-refractivity contribution in [1.82, 2.24) is 15.1 Å². The molecule has 1 aliphatic carbocycles. The second-order valence-corrected chi connectivity index (χ2v) is 6.60. The minimum absolute atomic E-state index is 0.00315. The first-order chi connectivity index (χ1) is 9.58. The van der Waals surface area contributed by atoms with E-state index in [-0.39, 0.29) is 29.9 Å². The predicted octanol–water partition coefficient (Wildman–Crippen LogP) is 0.739. The zero-order chi connectivity index (χ0) is 14.3. The largest absolute Gasteiger partial charge is 0.343 e. The summed E-state index contributed by atoms with van der Waals surface area (Å²) in [4.78, 5) is 28.9. The fraction of sp³-hybridized carbons (Fsp3) is 0.867. The molecule has 0 spiro atoms. The summed E-state index contributed by atoms with van der Waals surface area (Å²) in [5.74, 6) is 0.155. The summed E-state index contributed by atoms with van der Waals surface area (Å²) >= 11 is 0. The van der Waals surface area contributed by atoms with Crippen LogP contribution >= 0.6 is 0 Å². The summed E-state index contributed by atoms with van der Waals surface area (Å²) in [6.07, 6.45) is 5.25. The van der Waals surface area contributed by atoms with Gasteiger partial charge in [-0.2, -0.15) is 0 Å². The Morgan fingerprint density at radius 2 is 1.95 bits per heavy atom. The van der Waals surface area contributed by atoms with E-state index < -0.39 is 0 Å². The Balaban J connectivity index is 1.58. The van der Waals surface area contributed by atoms with Gasteiger partial charge in [0, 0.05) is 18.6 Å². The molecule has 2 atom stereocenters. The standard InChI is InChI=1S/C15H25N3O2/c1-10(2)17-9-7-12(15(17)20)16-14(19)13-4-3-8-18(13)11-5-6-11/h10-13H,3-9H2,1-2H3,(H,16,19)/t12-,13+/m0/s1. The highest BCUT2D eigenvalue weighted by atomic mass is 16.2. The van der Waals surface area contributed by atoms with E-state index in [4.69, 9.17) is 0 Å². The molecule has 5 nitrogen and oxygen atoms in total. The monoisotopic (exact) mass is 279 g/mol. The summed E-state index contributed by atoms with van der Waals surface area (Å²) in [5.41, 5.74) is 0. The van der Waals surface area contributed by atoms with E-state index in [1.165, 1.54) is 12.8 Å². The summed E-state index contributed by atoms with van der Waals surface area (Å²) in [7, 11) is 0. The van der Waals surface area contributed by atoms with Crippen LogP contribution in [0.4, 0.5) is 0 Å². The minimum Gasteiger partial charge on any atom is -0.343 e. The lowest BCUT2D eigenvalue weighted by Gasteiger charge is -2.25. The molecule has 3 rings (SSSR count). The van der Waals surface area contributed by atoms with Gasteiger partial charge >= 0.3 is 0 Å². The molecule has 0 unspecified atom stereocenters. The molecule has 0 aromatic heterocycles. The molecule has 0 radical (unpaired) electrons. The lowest BCUT2D eigenvalue weighted by atomic mass is 10.1. The van der Waals surface area contributed by atoms with Gasteiger partial charge in [0.2, 0.25) is 11.8 Å². The van der Waals surface area contributed by atoms with Crippen LogP contribution < -0.4 is 5.32 Å². The van der Waals surface area contributed by atoms with Gasteiger partial charge in [0.15, 0.2) is 0 Å². The molecule has 0 aromatic carbocycles. The maximum atomic E-state index is 12.4. The molecular weight excluding hydrogens is 254 g/mol. The summed E-state index contributed by atoms with van der Waals surface area (Å²) in [5, 5.41) is 3.00. The average Bonchev–Trinajstić information content (AvgIpc) is 3.01. The minimum atomic E-state index is -0.299. The lowest BCUT2D eigenvalue weighted by Crippen LogP contribution is -2.50. The van der Waals surface area contributed by atoms with Crippen molar-refractivity contribution in [3.8, 4) is 0 Å². The summed E-state index contributed by atoms with van der Waals surface area (Å²) < 4.78 is 0. The van der Waals surface area contributed by atoms with Gasteiger partial charge in [-0.25, -0.2) is 0 Å². The van der Waals surface area contributed by atoms with Gasteiger partial charge < -0.3 is 10.2 Å². The van der Waals surface area contributed by atoms with Crippen LogP contribution in [0.3, 0.4) is 0 Å². The van der Waals surface area contributed by atoms with E-state index in [1.807, 2.05) is 18.7 Å². The van der Waals surface area contributed by atoms with Crippen molar-refractivity contribution in [3.05, 3.63) is 0 Å². The van der Waals surface area contributed by atoms with E-state index in [0.29, 0.717) is 6.04 Å². The molecule has 0 bridgehead atoms. The molecule has 1 saturated carbocycles. The number of nitrogens with zero attached hydrogens (tertiary/aromatic N) is 2. The normalized spacial score (nSPS) is 31.4. The SMILES string of the molecule is CC(C)N1CC[C@H](NC(=O)[C@H]2CCCN2C2CC2)C1=O. The van der Waals surface area contributed by atoms with Crippen molar-refractivity contribution in [2.45, 2.75) is 70.1 Å². The molecule has 0 aromatic rings. The molecule has 2 heterocycles. The Hall–Kier alpha value is -1.10. The second kappa shape index (κ2) is 5.35. The average molecular weight is 279 g/mol. The van der Waals surface area contributed by atoms with Crippen molar-refractivity contribution < 1.29 is 9.59 Å². The van der Waals surface area contributed by atoms with E-state index in [2.05, 4.69) is 10.2 Å². The third-order valence-electron chi connectivity index (χ3n) is 4.79. The molecule has 1 N–H and O–H groups in total. The predicted molar refractivity (Wildman–Crippen MR) is 76.1 cm³/mol. The third-order valence-corrected chi connectivity index (χ3v) is 4.79. The van der Waals surface area contributed by atoms with Crippen LogP contribution in [0, 0.1) is 0 Å². The molecule has 20 heavy (non-hydrogen) atoms. The topological polar surface area (TPSA) is 52.7 Å². The number of hydrogen-bond acceptors (Lipinski definition) is 3. The van der Waals surface area contributed by atoms with Crippen molar-refractivity contribution >= 4 is 11.8 Å². The van der Waals surface area contributed by atoms with Crippen LogP contribution in [-0.2, 0) is 9.59 Å². The van der Waals surface area contributed by atoms with Gasteiger partial charge in [-0.1, -0.05) is 0 Å². The fourth-order valence-electron chi connectivity index (χ4n) is 3.53. The highest BCUT2D eigenvalue weighted by molar-refractivity contribution is 5.91. The van der Waals surface area contributed by atoms with Gasteiger partial charge in [-0.15, -0.1) is 0 Å². The smallest absolute Gasteiger partial charge is 0.245 e. The van der Waals surface area contributed by atoms with E-state index >= 15 is 0 Å². The van der Waals surface area contributed by atoms with Crippen LogP contribution in [0.1, 0.15) is 46.0 Å². The Morgan fingerprint density at radius 1 is 1.20 bits per heavy atom. The number of nitrogens with one attached hydrogen (secondary N) is 1. The first kappa shape index (κ1) is 13.9. The fourth-order valence-corrected chi connectivity index (χ4v) is 3.53. The third kappa shape index (κ3) is 2.55. The van der Waals surface area contributed by atoms with Gasteiger partial charge in [0.05, 0.1) is 6.04 Å². The number of rotatable bonds is 4. The number of carbonyl (C=O) groups excluding carboxylic acids is 2. The Kier molecular flexibility index (Phi) is 3.71. The van der Waals surface area contributed by atoms with Gasteiger partial charge in [0.1, 0.15) is 6.04 Å². The summed E-state index contributed by atoms with van der Waals surface area (Å²) in [6.45, 7) is 5.85.